The summed E-state index contributed by atoms with van der Waals surface area (Å²) < 4.78 is 5.44. The van der Waals surface area contributed by atoms with Crippen molar-refractivity contribution in [3.63, 3.8) is 0 Å². The molecule has 6 nitrogen and oxygen atoms in total. The van der Waals surface area contributed by atoms with Crippen LogP contribution in [0, 0.1) is 0 Å². The van der Waals surface area contributed by atoms with Crippen molar-refractivity contribution in [2.45, 2.75) is 0 Å². The molecule has 0 bridgehead atoms. The molecule has 3 aromatic carbocycles. The quantitative estimate of drug-likeness (QED) is 0.460. The van der Waals surface area contributed by atoms with E-state index in [1.54, 1.807) is 18.2 Å². The Morgan fingerprint density at radius 3 is 2.57 bits per heavy atom. The summed E-state index contributed by atoms with van der Waals surface area (Å²) in [5.74, 6) is -0.494. The number of amides is 1. The minimum atomic E-state index is -0.508. The molecule has 0 unspecified atom stereocenters. The highest BCUT2D eigenvalue weighted by atomic mass is 35.5. The van der Waals surface area contributed by atoms with Crippen molar-refractivity contribution in [2.24, 2.45) is 5.73 Å². The standard InChI is InChI=1S/C23H20ClN3O3/c24-19-11-13(1-4-21(19)28)14-9-17-16-3-2-15(27-5-7-30-8-6-27)12-20(16)26-22(17)18(10-14)23(25)29/h1-4,9-12,26,28H,5-8H2,(H2,25,29). The number of rotatable bonds is 3. The van der Waals surface area contributed by atoms with Gasteiger partial charge in [0.1, 0.15) is 5.75 Å². The molecule has 152 valence electrons. The third-order valence-electron chi connectivity index (χ3n) is 5.61. The van der Waals surface area contributed by atoms with Crippen LogP contribution in [0.3, 0.4) is 0 Å². The first kappa shape index (κ1) is 18.8. The number of halogens is 1. The van der Waals surface area contributed by atoms with Crippen LogP contribution in [0.1, 0.15) is 10.4 Å². The number of benzene rings is 3. The topological polar surface area (TPSA) is 91.6 Å². The number of anilines is 1. The fraction of sp³-hybridized carbons (Fsp3) is 0.174. The summed E-state index contributed by atoms with van der Waals surface area (Å²) in [6.07, 6.45) is 0. The molecular weight excluding hydrogens is 402 g/mol. The second-order valence-corrected chi connectivity index (χ2v) is 7.84. The van der Waals surface area contributed by atoms with Gasteiger partial charge < -0.3 is 25.5 Å². The summed E-state index contributed by atoms with van der Waals surface area (Å²) in [4.78, 5) is 17.9. The largest absolute Gasteiger partial charge is 0.506 e. The number of ether oxygens (including phenoxy) is 1. The molecule has 4 N–H and O–H groups in total. The molecule has 2 heterocycles. The molecule has 0 aliphatic carbocycles. The lowest BCUT2D eigenvalue weighted by atomic mass is 9.98. The third-order valence-corrected chi connectivity index (χ3v) is 5.92. The van der Waals surface area contributed by atoms with Gasteiger partial charge in [0.25, 0.3) is 5.91 Å². The van der Waals surface area contributed by atoms with Gasteiger partial charge in [0.15, 0.2) is 0 Å². The maximum Gasteiger partial charge on any atom is 0.250 e. The third kappa shape index (κ3) is 3.14. The number of phenols is 1. The van der Waals surface area contributed by atoms with Crippen LogP contribution >= 0.6 is 11.6 Å². The Bertz CT molecular complexity index is 1290. The summed E-state index contributed by atoms with van der Waals surface area (Å²) >= 11 is 6.09. The molecule has 1 fully saturated rings. The number of nitrogens with zero attached hydrogens (tertiary/aromatic N) is 1. The molecule has 1 amide bonds. The van der Waals surface area contributed by atoms with Crippen LogP contribution in [0.4, 0.5) is 5.69 Å². The van der Waals surface area contributed by atoms with Gasteiger partial charge in [-0.25, -0.2) is 0 Å². The van der Waals surface area contributed by atoms with Crippen LogP contribution in [0.25, 0.3) is 32.9 Å². The second-order valence-electron chi connectivity index (χ2n) is 7.43. The van der Waals surface area contributed by atoms with Gasteiger partial charge in [0.2, 0.25) is 0 Å². The van der Waals surface area contributed by atoms with Gasteiger partial charge >= 0.3 is 0 Å². The number of hydrogen-bond acceptors (Lipinski definition) is 4. The van der Waals surface area contributed by atoms with Crippen LogP contribution in [-0.2, 0) is 4.74 Å². The first-order chi connectivity index (χ1) is 14.5. The molecule has 7 heteroatoms. The van der Waals surface area contributed by atoms with E-state index in [1.807, 2.05) is 6.07 Å². The summed E-state index contributed by atoms with van der Waals surface area (Å²) in [6, 6.07) is 15.0. The van der Waals surface area contributed by atoms with Crippen molar-refractivity contribution >= 4 is 45.0 Å². The minimum Gasteiger partial charge on any atom is -0.506 e. The van der Waals surface area contributed by atoms with Gasteiger partial charge in [-0.15, -0.1) is 0 Å². The smallest absolute Gasteiger partial charge is 0.250 e. The van der Waals surface area contributed by atoms with E-state index in [4.69, 9.17) is 22.1 Å². The van der Waals surface area contributed by atoms with E-state index in [2.05, 4.69) is 28.1 Å². The second kappa shape index (κ2) is 7.23. The molecule has 0 saturated carbocycles. The van der Waals surface area contributed by atoms with Crippen molar-refractivity contribution in [3.05, 3.63) is 59.1 Å². The Morgan fingerprint density at radius 1 is 1.03 bits per heavy atom. The number of morpholine rings is 1. The number of aromatic amines is 1. The number of phenolic OH excluding ortho intramolecular Hbond substituents is 1. The van der Waals surface area contributed by atoms with E-state index in [-0.39, 0.29) is 10.8 Å². The van der Waals surface area contributed by atoms with E-state index in [0.717, 1.165) is 59.4 Å². The number of aromatic nitrogens is 1. The highest BCUT2D eigenvalue weighted by molar-refractivity contribution is 6.32. The van der Waals surface area contributed by atoms with E-state index in [0.29, 0.717) is 11.1 Å². The zero-order valence-electron chi connectivity index (χ0n) is 16.1. The molecule has 4 aromatic rings. The highest BCUT2D eigenvalue weighted by Crippen LogP contribution is 2.36. The summed E-state index contributed by atoms with van der Waals surface area (Å²) in [5.41, 5.74) is 10.5. The van der Waals surface area contributed by atoms with Gasteiger partial charge in [0.05, 0.1) is 29.3 Å². The fourth-order valence-corrected chi connectivity index (χ4v) is 4.24. The lowest BCUT2D eigenvalue weighted by Crippen LogP contribution is -2.36. The average molecular weight is 422 g/mol. The predicted octanol–water partition coefficient (Wildman–Crippen LogP) is 4.28. The van der Waals surface area contributed by atoms with E-state index in [9.17, 15) is 9.90 Å². The van der Waals surface area contributed by atoms with Crippen LogP contribution in [0.5, 0.6) is 5.75 Å². The molecule has 5 rings (SSSR count). The van der Waals surface area contributed by atoms with Crippen molar-refractivity contribution in [1.29, 1.82) is 0 Å². The van der Waals surface area contributed by atoms with E-state index in [1.165, 1.54) is 6.07 Å². The monoisotopic (exact) mass is 421 g/mol. The Labute approximate surface area is 177 Å². The van der Waals surface area contributed by atoms with Crippen molar-refractivity contribution < 1.29 is 14.6 Å². The lowest BCUT2D eigenvalue weighted by molar-refractivity contribution is 0.100. The van der Waals surface area contributed by atoms with Crippen LogP contribution in [0.2, 0.25) is 5.02 Å². The van der Waals surface area contributed by atoms with Crippen LogP contribution < -0.4 is 10.6 Å². The molecule has 1 aromatic heterocycles. The number of nitrogens with two attached hydrogens (primary N) is 1. The Kier molecular flexibility index (Phi) is 4.53. The molecule has 30 heavy (non-hydrogen) atoms. The normalized spacial score (nSPS) is 14.5. The lowest BCUT2D eigenvalue weighted by Gasteiger charge is -2.28. The van der Waals surface area contributed by atoms with E-state index >= 15 is 0 Å². The Hall–Kier alpha value is -3.22. The van der Waals surface area contributed by atoms with Gasteiger partial charge in [-0.05, 0) is 47.5 Å². The Balaban J connectivity index is 1.70. The predicted molar refractivity (Wildman–Crippen MR) is 119 cm³/mol. The fourth-order valence-electron chi connectivity index (χ4n) is 4.06. The summed E-state index contributed by atoms with van der Waals surface area (Å²) in [6.45, 7) is 3.14. The number of aromatic hydroxyl groups is 1. The first-order valence-corrected chi connectivity index (χ1v) is 10.1. The molecule has 0 spiro atoms. The summed E-state index contributed by atoms with van der Waals surface area (Å²) in [5, 5.41) is 11.9. The van der Waals surface area contributed by atoms with Gasteiger partial charge in [0, 0.05) is 35.1 Å². The van der Waals surface area contributed by atoms with Crippen LogP contribution in [0.15, 0.2) is 48.5 Å². The van der Waals surface area contributed by atoms with E-state index < -0.39 is 5.91 Å². The number of carbonyl (C=O) groups excluding carboxylic acids is 1. The zero-order chi connectivity index (χ0) is 20.8. The maximum absolute atomic E-state index is 12.2. The number of carbonyl (C=O) groups is 1. The Morgan fingerprint density at radius 2 is 1.83 bits per heavy atom. The number of hydrogen-bond donors (Lipinski definition) is 3. The first-order valence-electron chi connectivity index (χ1n) is 9.72. The maximum atomic E-state index is 12.2. The molecular formula is C23H20ClN3O3. The SMILES string of the molecule is NC(=O)c1cc(-c2ccc(O)c(Cl)c2)cc2c1[nH]c1cc(N3CCOCC3)ccc12. The molecule has 1 saturated heterocycles. The molecule has 1 aliphatic heterocycles. The number of primary amides is 1. The van der Waals surface area contributed by atoms with Crippen molar-refractivity contribution in [3.8, 4) is 16.9 Å². The van der Waals surface area contributed by atoms with Gasteiger partial charge in [-0.1, -0.05) is 23.7 Å². The number of fused-ring (bicyclic) bond motifs is 3. The summed E-state index contributed by atoms with van der Waals surface area (Å²) in [7, 11) is 0. The molecule has 0 atom stereocenters. The number of H-pyrrole nitrogens is 1. The van der Waals surface area contributed by atoms with Crippen LogP contribution in [-0.4, -0.2) is 42.3 Å². The van der Waals surface area contributed by atoms with Crippen molar-refractivity contribution in [1.82, 2.24) is 4.98 Å². The van der Waals surface area contributed by atoms with Gasteiger partial charge in [-0.3, -0.25) is 4.79 Å². The van der Waals surface area contributed by atoms with Gasteiger partial charge in [-0.2, -0.15) is 0 Å². The minimum absolute atomic E-state index is 0.0133. The molecule has 1 aliphatic rings. The highest BCUT2D eigenvalue weighted by Gasteiger charge is 2.17. The van der Waals surface area contributed by atoms with Crippen molar-refractivity contribution in [2.75, 3.05) is 31.2 Å². The molecule has 0 radical (unpaired) electrons. The number of nitrogens with one attached hydrogen (secondary N) is 1. The average Bonchev–Trinajstić information content (AvgIpc) is 3.13. The zero-order valence-corrected chi connectivity index (χ0v) is 16.9.